The van der Waals surface area contributed by atoms with Crippen LogP contribution in [0, 0.1) is 10.5 Å². The second-order valence-electron chi connectivity index (χ2n) is 3.03. The van der Waals surface area contributed by atoms with Gasteiger partial charge < -0.3 is 5.73 Å². The van der Waals surface area contributed by atoms with Crippen LogP contribution in [0.4, 0.5) is 5.95 Å². The monoisotopic (exact) mass is 300 g/mol. The number of nitrogens with one attached hydrogen (secondary N) is 1. The molecule has 0 unspecified atom stereocenters. The summed E-state index contributed by atoms with van der Waals surface area (Å²) in [6, 6.07) is 6.16. The van der Waals surface area contributed by atoms with Gasteiger partial charge in [0, 0.05) is 9.13 Å². The average molecular weight is 300 g/mol. The number of halogens is 1. The highest BCUT2D eigenvalue weighted by Gasteiger charge is 2.07. The molecule has 0 aliphatic rings. The number of benzene rings is 1. The molecule has 0 aliphatic carbocycles. The number of aromatic amines is 1. The van der Waals surface area contributed by atoms with Gasteiger partial charge in [0.2, 0.25) is 5.95 Å². The summed E-state index contributed by atoms with van der Waals surface area (Å²) < 4.78 is 1.13. The minimum absolute atomic E-state index is 0.275. The number of aryl methyl sites for hydroxylation is 1. The summed E-state index contributed by atoms with van der Waals surface area (Å²) in [6.07, 6.45) is 0. The third kappa shape index (κ3) is 1.72. The molecule has 2 rings (SSSR count). The van der Waals surface area contributed by atoms with Gasteiger partial charge in [-0.2, -0.15) is 4.98 Å². The van der Waals surface area contributed by atoms with Gasteiger partial charge in [0.25, 0.3) is 0 Å². The Bertz CT molecular complexity index is 464. The molecule has 1 aromatic carbocycles. The number of nitrogens with two attached hydrogens (primary N) is 1. The summed E-state index contributed by atoms with van der Waals surface area (Å²) in [6.45, 7) is 2.04. The molecular formula is C9H9IN4. The van der Waals surface area contributed by atoms with E-state index in [1.54, 1.807) is 0 Å². The van der Waals surface area contributed by atoms with Gasteiger partial charge in [0.05, 0.1) is 0 Å². The fraction of sp³-hybridized carbons (Fsp3) is 0.111. The van der Waals surface area contributed by atoms with Crippen LogP contribution in [-0.4, -0.2) is 15.2 Å². The van der Waals surface area contributed by atoms with E-state index >= 15 is 0 Å². The number of aromatic nitrogens is 3. The Kier molecular flexibility index (Phi) is 2.40. The Morgan fingerprint density at radius 1 is 1.43 bits per heavy atom. The summed E-state index contributed by atoms with van der Waals surface area (Å²) in [4.78, 5) is 4.09. The smallest absolute Gasteiger partial charge is 0.239 e. The van der Waals surface area contributed by atoms with Crippen molar-refractivity contribution in [2.75, 3.05) is 5.73 Å². The molecule has 0 saturated heterocycles. The van der Waals surface area contributed by atoms with Crippen LogP contribution in [0.1, 0.15) is 5.56 Å². The van der Waals surface area contributed by atoms with Crippen molar-refractivity contribution in [3.05, 3.63) is 27.3 Å². The molecule has 0 aliphatic heterocycles. The van der Waals surface area contributed by atoms with E-state index < -0.39 is 0 Å². The van der Waals surface area contributed by atoms with Crippen molar-refractivity contribution in [3.63, 3.8) is 0 Å². The summed E-state index contributed by atoms with van der Waals surface area (Å²) in [5.74, 6) is 0.993. The number of anilines is 1. The third-order valence-corrected chi connectivity index (χ3v) is 2.82. The first-order chi connectivity index (χ1) is 6.66. The highest BCUT2D eigenvalue weighted by molar-refractivity contribution is 14.1. The molecule has 1 aromatic heterocycles. The van der Waals surface area contributed by atoms with Crippen LogP contribution in [0.25, 0.3) is 11.4 Å². The molecule has 4 nitrogen and oxygen atoms in total. The van der Waals surface area contributed by atoms with Gasteiger partial charge in [-0.15, -0.1) is 5.10 Å². The highest BCUT2D eigenvalue weighted by Crippen LogP contribution is 2.23. The van der Waals surface area contributed by atoms with Crippen LogP contribution in [0.3, 0.4) is 0 Å². The van der Waals surface area contributed by atoms with Crippen molar-refractivity contribution in [3.8, 4) is 11.4 Å². The molecule has 0 atom stereocenters. The second kappa shape index (κ2) is 3.56. The Hall–Kier alpha value is -1.11. The molecule has 2 aromatic rings. The molecule has 0 bridgehead atoms. The Balaban J connectivity index is 2.55. The van der Waals surface area contributed by atoms with Crippen molar-refractivity contribution < 1.29 is 0 Å². The fourth-order valence-corrected chi connectivity index (χ4v) is 1.81. The van der Waals surface area contributed by atoms with E-state index in [0.29, 0.717) is 0 Å². The summed E-state index contributed by atoms with van der Waals surface area (Å²) in [7, 11) is 0. The molecule has 1 heterocycles. The zero-order chi connectivity index (χ0) is 10.1. The molecule has 0 spiro atoms. The lowest BCUT2D eigenvalue weighted by Crippen LogP contribution is -1.88. The van der Waals surface area contributed by atoms with Gasteiger partial charge in [-0.25, -0.2) is 0 Å². The van der Waals surface area contributed by atoms with Crippen molar-refractivity contribution in [1.29, 1.82) is 0 Å². The normalized spacial score (nSPS) is 10.4. The van der Waals surface area contributed by atoms with E-state index in [4.69, 9.17) is 5.73 Å². The van der Waals surface area contributed by atoms with Crippen molar-refractivity contribution in [2.24, 2.45) is 0 Å². The van der Waals surface area contributed by atoms with Crippen LogP contribution < -0.4 is 5.73 Å². The van der Waals surface area contributed by atoms with Gasteiger partial charge >= 0.3 is 0 Å². The van der Waals surface area contributed by atoms with E-state index in [2.05, 4.69) is 49.9 Å². The van der Waals surface area contributed by atoms with Crippen LogP contribution in [0.15, 0.2) is 18.2 Å². The van der Waals surface area contributed by atoms with E-state index in [1.165, 1.54) is 5.56 Å². The van der Waals surface area contributed by atoms with Gasteiger partial charge in [-0.3, -0.25) is 5.10 Å². The minimum Gasteiger partial charge on any atom is -0.366 e. The maximum Gasteiger partial charge on any atom is 0.239 e. The molecular weight excluding hydrogens is 291 g/mol. The Labute approximate surface area is 95.1 Å². The number of nitrogens with zero attached hydrogens (tertiary/aromatic N) is 2. The standard InChI is InChI=1S/C9H9IN4/c1-5-2-3-7(10)6(4-5)8-12-9(11)14-13-8/h2-4H,1H3,(H3,11,12,13,14). The molecule has 5 heteroatoms. The van der Waals surface area contributed by atoms with Crippen molar-refractivity contribution in [2.45, 2.75) is 6.92 Å². The van der Waals surface area contributed by atoms with Crippen LogP contribution in [0.5, 0.6) is 0 Å². The fourth-order valence-electron chi connectivity index (χ4n) is 1.22. The zero-order valence-electron chi connectivity index (χ0n) is 7.58. The maximum absolute atomic E-state index is 5.45. The number of hydrogen-bond donors (Lipinski definition) is 2. The molecule has 0 amide bonds. The lowest BCUT2D eigenvalue weighted by atomic mass is 10.1. The Morgan fingerprint density at radius 3 is 2.86 bits per heavy atom. The summed E-state index contributed by atoms with van der Waals surface area (Å²) in [5, 5.41) is 6.60. The molecule has 14 heavy (non-hydrogen) atoms. The van der Waals surface area contributed by atoms with Gasteiger partial charge in [0.1, 0.15) is 0 Å². The summed E-state index contributed by atoms with van der Waals surface area (Å²) in [5.41, 5.74) is 7.68. The van der Waals surface area contributed by atoms with Crippen LogP contribution in [-0.2, 0) is 0 Å². The van der Waals surface area contributed by atoms with Crippen LogP contribution in [0.2, 0.25) is 0 Å². The minimum atomic E-state index is 0.275. The first kappa shape index (κ1) is 9.45. The maximum atomic E-state index is 5.45. The topological polar surface area (TPSA) is 67.6 Å². The molecule has 3 N–H and O–H groups in total. The van der Waals surface area contributed by atoms with Crippen molar-refractivity contribution >= 4 is 28.5 Å². The lowest BCUT2D eigenvalue weighted by Gasteiger charge is -2.01. The average Bonchev–Trinajstić information content (AvgIpc) is 2.56. The number of hydrogen-bond acceptors (Lipinski definition) is 3. The quantitative estimate of drug-likeness (QED) is 0.791. The van der Waals surface area contributed by atoms with E-state index in [1.807, 2.05) is 13.0 Å². The van der Waals surface area contributed by atoms with Gasteiger partial charge in [-0.05, 0) is 41.6 Å². The second-order valence-corrected chi connectivity index (χ2v) is 4.19. The predicted octanol–water partition coefficient (Wildman–Crippen LogP) is 1.97. The van der Waals surface area contributed by atoms with E-state index in [0.717, 1.165) is 15.0 Å². The number of H-pyrrole nitrogens is 1. The zero-order valence-corrected chi connectivity index (χ0v) is 9.74. The Morgan fingerprint density at radius 2 is 2.21 bits per heavy atom. The molecule has 0 radical (unpaired) electrons. The largest absolute Gasteiger partial charge is 0.366 e. The molecule has 0 saturated carbocycles. The number of rotatable bonds is 1. The SMILES string of the molecule is Cc1ccc(I)c(-c2nc(N)n[nH]2)c1. The van der Waals surface area contributed by atoms with E-state index in [9.17, 15) is 0 Å². The van der Waals surface area contributed by atoms with Gasteiger partial charge in [-0.1, -0.05) is 11.6 Å². The molecule has 0 fully saturated rings. The van der Waals surface area contributed by atoms with Gasteiger partial charge in [0.15, 0.2) is 5.82 Å². The highest BCUT2D eigenvalue weighted by atomic mass is 127. The van der Waals surface area contributed by atoms with Crippen LogP contribution >= 0.6 is 22.6 Å². The number of nitrogen functional groups attached to an aromatic ring is 1. The van der Waals surface area contributed by atoms with Crippen molar-refractivity contribution in [1.82, 2.24) is 15.2 Å². The van der Waals surface area contributed by atoms with E-state index in [-0.39, 0.29) is 5.95 Å². The summed E-state index contributed by atoms with van der Waals surface area (Å²) >= 11 is 2.26. The first-order valence-corrected chi connectivity index (χ1v) is 5.19. The third-order valence-electron chi connectivity index (χ3n) is 1.88. The predicted molar refractivity (Wildman–Crippen MR) is 63.7 cm³/mol. The lowest BCUT2D eigenvalue weighted by molar-refractivity contribution is 1.10. The molecule has 72 valence electrons. The first-order valence-electron chi connectivity index (χ1n) is 4.11.